The summed E-state index contributed by atoms with van der Waals surface area (Å²) >= 11 is 0. The molecule has 0 spiro atoms. The third-order valence-corrected chi connectivity index (χ3v) is 6.17. The predicted octanol–water partition coefficient (Wildman–Crippen LogP) is 4.75. The van der Waals surface area contributed by atoms with E-state index in [-0.39, 0.29) is 33.9 Å². The van der Waals surface area contributed by atoms with Crippen LogP contribution in [-0.2, 0) is 26.1 Å². The minimum Gasteiger partial charge on any atom is -0.398 e. The molecule has 190 valence electrons. The van der Waals surface area contributed by atoms with Gasteiger partial charge in [0.2, 0.25) is 0 Å². The van der Waals surface area contributed by atoms with E-state index in [1.165, 1.54) is 19.2 Å². The second kappa shape index (κ2) is 8.64. The summed E-state index contributed by atoms with van der Waals surface area (Å²) in [4.78, 5) is 4.40. The summed E-state index contributed by atoms with van der Waals surface area (Å²) in [5.74, 6) is 0. The van der Waals surface area contributed by atoms with Crippen LogP contribution < -0.4 is 11.5 Å². The van der Waals surface area contributed by atoms with Crippen molar-refractivity contribution in [1.82, 2.24) is 14.8 Å². The van der Waals surface area contributed by atoms with Crippen molar-refractivity contribution in [2.75, 3.05) is 5.73 Å². The van der Waals surface area contributed by atoms with E-state index in [1.54, 1.807) is 0 Å². The Morgan fingerprint density at radius 2 is 1.72 bits per heavy atom. The van der Waals surface area contributed by atoms with E-state index in [4.69, 9.17) is 22.3 Å². The van der Waals surface area contributed by atoms with Crippen molar-refractivity contribution in [3.63, 3.8) is 0 Å². The van der Waals surface area contributed by atoms with Crippen LogP contribution in [0.4, 0.5) is 32.0 Å². The molecule has 1 aliphatic carbocycles. The highest BCUT2D eigenvalue weighted by Crippen LogP contribution is 2.39. The van der Waals surface area contributed by atoms with Crippen molar-refractivity contribution in [2.24, 2.45) is 12.8 Å². The molecule has 0 amide bonds. The van der Waals surface area contributed by atoms with Crippen LogP contribution in [0, 0.1) is 10.8 Å². The number of aryl methyl sites for hydroxylation is 2. The maximum Gasteiger partial charge on any atom is 0.435 e. The zero-order chi connectivity index (χ0) is 26.6. The fourth-order valence-corrected chi connectivity index (χ4v) is 4.52. The number of hydrogen-bond donors (Lipinski definition) is 4. The second-order valence-corrected chi connectivity index (χ2v) is 8.43. The molecular weight excluding hydrogens is 488 g/mol. The van der Waals surface area contributed by atoms with Crippen molar-refractivity contribution >= 4 is 34.1 Å². The summed E-state index contributed by atoms with van der Waals surface area (Å²) in [6.45, 7) is 0. The van der Waals surface area contributed by atoms with Gasteiger partial charge in [0.1, 0.15) is 5.70 Å². The smallest absolute Gasteiger partial charge is 0.398 e. The van der Waals surface area contributed by atoms with E-state index in [0.29, 0.717) is 48.4 Å². The summed E-state index contributed by atoms with van der Waals surface area (Å²) in [7, 11) is 1.27. The van der Waals surface area contributed by atoms with Crippen molar-refractivity contribution in [3.8, 4) is 0 Å². The van der Waals surface area contributed by atoms with E-state index >= 15 is 0 Å². The lowest BCUT2D eigenvalue weighted by molar-refractivity contribution is -0.141. The van der Waals surface area contributed by atoms with Gasteiger partial charge in [-0.3, -0.25) is 10.1 Å². The van der Waals surface area contributed by atoms with Gasteiger partial charge in [0, 0.05) is 35.5 Å². The van der Waals surface area contributed by atoms with Gasteiger partial charge in [0.15, 0.2) is 5.69 Å². The Kier molecular flexibility index (Phi) is 6.05. The first-order valence-electron chi connectivity index (χ1n) is 10.8. The van der Waals surface area contributed by atoms with Crippen molar-refractivity contribution in [1.29, 1.82) is 10.8 Å². The molecule has 2 aromatic heterocycles. The molecule has 0 fully saturated rings. The fraction of sp³-hybridized carbons (Fsp3) is 0.304. The summed E-state index contributed by atoms with van der Waals surface area (Å²) in [5, 5.41) is 20.2. The SMILES string of the molecule is Cn1nc(C(F)(F)F)cc1C(=N)c1c(N)ccc2nc(C(C=N)=C(N)C(F)(F)F)c3c(c12)CCCC3. The molecule has 6 N–H and O–H groups in total. The molecule has 13 heteroatoms. The number of benzene rings is 1. The zero-order valence-electron chi connectivity index (χ0n) is 18.9. The lowest BCUT2D eigenvalue weighted by atomic mass is 9.83. The Hall–Kier alpha value is -3.90. The van der Waals surface area contributed by atoms with Crippen LogP contribution in [0.5, 0.6) is 0 Å². The van der Waals surface area contributed by atoms with Crippen molar-refractivity contribution in [2.45, 2.75) is 38.0 Å². The van der Waals surface area contributed by atoms with Crippen molar-refractivity contribution < 1.29 is 26.3 Å². The highest BCUT2D eigenvalue weighted by molar-refractivity contribution is 6.21. The zero-order valence-corrected chi connectivity index (χ0v) is 18.9. The summed E-state index contributed by atoms with van der Waals surface area (Å²) in [5.41, 5.74) is 9.24. The van der Waals surface area contributed by atoms with E-state index in [2.05, 4.69) is 10.1 Å². The maximum atomic E-state index is 13.4. The van der Waals surface area contributed by atoms with Gasteiger partial charge in [0.25, 0.3) is 0 Å². The molecule has 0 saturated heterocycles. The van der Waals surface area contributed by atoms with Crippen LogP contribution in [0.3, 0.4) is 0 Å². The third kappa shape index (κ3) is 4.18. The third-order valence-electron chi connectivity index (χ3n) is 6.17. The first-order chi connectivity index (χ1) is 16.8. The number of aromatic nitrogens is 3. The largest absolute Gasteiger partial charge is 0.435 e. The molecule has 0 bridgehead atoms. The number of nitrogens with one attached hydrogen (secondary N) is 2. The topological polar surface area (TPSA) is 130 Å². The predicted molar refractivity (Wildman–Crippen MR) is 123 cm³/mol. The van der Waals surface area contributed by atoms with Crippen LogP contribution in [0.25, 0.3) is 16.5 Å². The van der Waals surface area contributed by atoms with Gasteiger partial charge < -0.3 is 16.9 Å². The van der Waals surface area contributed by atoms with Gasteiger partial charge in [-0.1, -0.05) is 0 Å². The Bertz CT molecular complexity index is 1430. The molecule has 2 heterocycles. The molecule has 3 aromatic rings. The van der Waals surface area contributed by atoms with Crippen LogP contribution in [0.15, 0.2) is 23.9 Å². The fourth-order valence-electron chi connectivity index (χ4n) is 4.52. The van der Waals surface area contributed by atoms with Gasteiger partial charge in [0.05, 0.1) is 22.6 Å². The highest BCUT2D eigenvalue weighted by atomic mass is 19.4. The second-order valence-electron chi connectivity index (χ2n) is 8.43. The number of anilines is 1. The Labute approximate surface area is 200 Å². The number of pyridine rings is 1. The highest BCUT2D eigenvalue weighted by Gasteiger charge is 2.37. The summed E-state index contributed by atoms with van der Waals surface area (Å²) in [6.07, 6.45) is -6.98. The molecule has 0 aliphatic heterocycles. The van der Waals surface area contributed by atoms with Crippen LogP contribution in [0.1, 0.15) is 46.6 Å². The molecule has 0 saturated carbocycles. The minimum absolute atomic E-state index is 0.0795. The van der Waals surface area contributed by atoms with E-state index in [0.717, 1.165) is 10.7 Å². The number of nitrogen functional groups attached to an aromatic ring is 1. The number of alkyl halides is 6. The Morgan fingerprint density at radius 3 is 2.28 bits per heavy atom. The number of nitrogens with two attached hydrogens (primary N) is 2. The number of fused-ring (bicyclic) bond motifs is 3. The normalized spacial score (nSPS) is 15.0. The number of hydrogen-bond acceptors (Lipinski definition) is 6. The molecule has 7 nitrogen and oxygen atoms in total. The standard InChI is InChI=1S/C23H21F6N7/c1-36-15(8-16(35-36)22(24,25)26)19(32)18-13(31)6-7-14-17(18)10-4-2-3-5-11(10)20(34-14)12(9-30)21(33)23(27,28)29/h6-9,30,32H,2-5,31,33H2,1H3. The quantitative estimate of drug-likeness (QED) is 0.230. The van der Waals surface area contributed by atoms with Crippen LogP contribution in [0.2, 0.25) is 0 Å². The maximum absolute atomic E-state index is 13.4. The molecular formula is C23H21F6N7. The van der Waals surface area contributed by atoms with Gasteiger partial charge >= 0.3 is 12.4 Å². The van der Waals surface area contributed by atoms with E-state index in [9.17, 15) is 26.3 Å². The van der Waals surface area contributed by atoms with Gasteiger partial charge in [-0.25, -0.2) is 4.98 Å². The summed E-state index contributed by atoms with van der Waals surface area (Å²) < 4.78 is 80.8. The molecule has 0 radical (unpaired) electrons. The molecule has 0 unspecified atom stereocenters. The average Bonchev–Trinajstić information content (AvgIpc) is 3.21. The Morgan fingerprint density at radius 1 is 1.08 bits per heavy atom. The lowest BCUT2D eigenvalue weighted by Crippen LogP contribution is -2.23. The van der Waals surface area contributed by atoms with Gasteiger partial charge in [-0.15, -0.1) is 0 Å². The van der Waals surface area contributed by atoms with Crippen LogP contribution in [-0.4, -0.2) is 32.9 Å². The summed E-state index contributed by atoms with van der Waals surface area (Å²) in [6, 6.07) is 3.60. The van der Waals surface area contributed by atoms with Gasteiger partial charge in [-0.2, -0.15) is 31.4 Å². The molecule has 4 rings (SSSR count). The number of nitrogens with zero attached hydrogens (tertiary/aromatic N) is 3. The van der Waals surface area contributed by atoms with Crippen LogP contribution >= 0.6 is 0 Å². The number of halogens is 6. The van der Waals surface area contributed by atoms with E-state index in [1.807, 2.05) is 0 Å². The molecule has 0 atom stereocenters. The molecule has 1 aliphatic rings. The number of allylic oxidation sites excluding steroid dienone is 2. The monoisotopic (exact) mass is 509 g/mol. The first kappa shape index (κ1) is 25.2. The van der Waals surface area contributed by atoms with Gasteiger partial charge in [-0.05, 0) is 55.0 Å². The van der Waals surface area contributed by atoms with Crippen molar-refractivity contribution in [3.05, 3.63) is 57.7 Å². The molecule has 1 aromatic carbocycles. The first-order valence-corrected chi connectivity index (χ1v) is 10.8. The Balaban J connectivity index is 2.03. The average molecular weight is 509 g/mol. The van der Waals surface area contributed by atoms with E-state index < -0.39 is 29.3 Å². The lowest BCUT2D eigenvalue weighted by Gasteiger charge is -2.24. The number of rotatable bonds is 4. The molecule has 36 heavy (non-hydrogen) atoms. The minimum atomic E-state index is -4.88.